The van der Waals surface area contributed by atoms with Gasteiger partial charge in [0.2, 0.25) is 0 Å². The number of rotatable bonds is 4. The smallest absolute Gasteiger partial charge is 0.338 e. The molecule has 4 rings (SSSR count). The number of fused-ring (bicyclic) bond motifs is 1. The Labute approximate surface area is 160 Å². The van der Waals surface area contributed by atoms with E-state index in [0.29, 0.717) is 23.8 Å². The zero-order chi connectivity index (χ0) is 19.0. The molecular formula is C21H18N2O3S. The molecule has 6 heteroatoms. The van der Waals surface area contributed by atoms with Gasteiger partial charge in [0.25, 0.3) is 0 Å². The van der Waals surface area contributed by atoms with Gasteiger partial charge in [-0.25, -0.2) is 9.78 Å². The van der Waals surface area contributed by atoms with Gasteiger partial charge in [-0.3, -0.25) is 0 Å². The summed E-state index contributed by atoms with van der Waals surface area (Å²) < 4.78 is 15.5. The summed E-state index contributed by atoms with van der Waals surface area (Å²) in [6, 6.07) is 13.3. The lowest BCUT2D eigenvalue weighted by molar-refractivity contribution is 0.0526. The zero-order valence-corrected chi connectivity index (χ0v) is 16.1. The normalized spacial score (nSPS) is 11.1. The molecule has 0 atom stereocenters. The van der Waals surface area contributed by atoms with E-state index in [4.69, 9.17) is 9.15 Å². The van der Waals surface area contributed by atoms with Crippen LogP contribution in [0.25, 0.3) is 33.1 Å². The van der Waals surface area contributed by atoms with E-state index >= 15 is 0 Å². The first-order valence-electron chi connectivity index (χ1n) is 8.68. The maximum Gasteiger partial charge on any atom is 0.338 e. The summed E-state index contributed by atoms with van der Waals surface area (Å²) in [6.45, 7) is 6.24. The van der Waals surface area contributed by atoms with Gasteiger partial charge in [-0.15, -0.1) is 0 Å². The van der Waals surface area contributed by atoms with E-state index < -0.39 is 0 Å². The molecule has 136 valence electrons. The van der Waals surface area contributed by atoms with Gasteiger partial charge in [0, 0.05) is 10.9 Å². The molecule has 0 amide bonds. The van der Waals surface area contributed by atoms with Crippen LogP contribution in [-0.2, 0) is 4.74 Å². The Bertz CT molecular complexity index is 1090. The van der Waals surface area contributed by atoms with Gasteiger partial charge in [0.1, 0.15) is 5.58 Å². The first-order chi connectivity index (χ1) is 13.1. The van der Waals surface area contributed by atoms with Crippen molar-refractivity contribution in [1.29, 1.82) is 0 Å². The third kappa shape index (κ3) is 3.24. The molecular weight excluding hydrogens is 360 g/mol. The van der Waals surface area contributed by atoms with Crippen LogP contribution >= 0.6 is 11.5 Å². The van der Waals surface area contributed by atoms with E-state index in [1.54, 1.807) is 19.1 Å². The molecule has 27 heavy (non-hydrogen) atoms. The van der Waals surface area contributed by atoms with Crippen molar-refractivity contribution in [3.63, 3.8) is 0 Å². The van der Waals surface area contributed by atoms with Gasteiger partial charge < -0.3 is 9.15 Å². The fourth-order valence-corrected chi connectivity index (χ4v) is 3.55. The second-order valence-electron chi connectivity index (χ2n) is 6.27. The average Bonchev–Trinajstić information content (AvgIpc) is 3.33. The number of nitrogens with zero attached hydrogens (tertiary/aromatic N) is 2. The molecule has 0 N–H and O–H groups in total. The highest BCUT2D eigenvalue weighted by molar-refractivity contribution is 7.09. The SMILES string of the molecule is CCOC(=O)c1ccc(-c2nsc(-c3cc4c(C)ccc(C)c4o3)n2)cc1. The number of hydrogen-bond acceptors (Lipinski definition) is 6. The van der Waals surface area contributed by atoms with Crippen LogP contribution < -0.4 is 0 Å². The topological polar surface area (TPSA) is 65.2 Å². The van der Waals surface area contributed by atoms with Crippen molar-refractivity contribution in [3.05, 3.63) is 59.2 Å². The number of esters is 1. The second kappa shape index (κ2) is 6.96. The summed E-state index contributed by atoms with van der Waals surface area (Å²) in [6.07, 6.45) is 0. The van der Waals surface area contributed by atoms with E-state index in [0.717, 1.165) is 27.1 Å². The number of furan rings is 1. The molecule has 0 aliphatic carbocycles. The van der Waals surface area contributed by atoms with Crippen LogP contribution in [0.15, 0.2) is 46.9 Å². The van der Waals surface area contributed by atoms with Gasteiger partial charge in [0.15, 0.2) is 16.6 Å². The monoisotopic (exact) mass is 378 g/mol. The molecule has 0 aliphatic rings. The van der Waals surface area contributed by atoms with Crippen molar-refractivity contribution in [2.24, 2.45) is 0 Å². The summed E-state index contributed by atoms with van der Waals surface area (Å²) in [4.78, 5) is 16.4. The fraction of sp³-hybridized carbons (Fsp3) is 0.190. The Kier molecular flexibility index (Phi) is 4.49. The average molecular weight is 378 g/mol. The van der Waals surface area contributed by atoms with E-state index in [9.17, 15) is 4.79 Å². The Balaban J connectivity index is 1.65. The molecule has 0 spiro atoms. The number of carbonyl (C=O) groups excluding carboxylic acids is 1. The maximum atomic E-state index is 11.8. The molecule has 4 aromatic rings. The van der Waals surface area contributed by atoms with Gasteiger partial charge in [-0.1, -0.05) is 24.3 Å². The molecule has 2 aromatic carbocycles. The van der Waals surface area contributed by atoms with E-state index in [1.165, 1.54) is 17.1 Å². The quantitative estimate of drug-likeness (QED) is 0.444. The zero-order valence-electron chi connectivity index (χ0n) is 15.3. The number of benzene rings is 2. The van der Waals surface area contributed by atoms with E-state index in [1.807, 2.05) is 25.1 Å². The molecule has 0 fully saturated rings. The van der Waals surface area contributed by atoms with E-state index in [-0.39, 0.29) is 5.97 Å². The minimum Gasteiger partial charge on any atom is -0.462 e. The van der Waals surface area contributed by atoms with Crippen LogP contribution in [0.4, 0.5) is 0 Å². The molecule has 0 saturated heterocycles. The molecule has 2 aromatic heterocycles. The van der Waals surface area contributed by atoms with Crippen molar-refractivity contribution in [1.82, 2.24) is 9.36 Å². The van der Waals surface area contributed by atoms with Crippen molar-refractivity contribution in [2.75, 3.05) is 6.61 Å². The van der Waals surface area contributed by atoms with Gasteiger partial charge in [-0.05, 0) is 61.6 Å². The molecule has 5 nitrogen and oxygen atoms in total. The van der Waals surface area contributed by atoms with Gasteiger partial charge >= 0.3 is 5.97 Å². The van der Waals surface area contributed by atoms with Crippen molar-refractivity contribution < 1.29 is 13.9 Å². The predicted octanol–water partition coefficient (Wildman–Crippen LogP) is 5.41. The molecule has 0 unspecified atom stereocenters. The first kappa shape index (κ1) is 17.4. The number of carbonyl (C=O) groups is 1. The predicted molar refractivity (Wildman–Crippen MR) is 106 cm³/mol. The molecule has 0 saturated carbocycles. The first-order valence-corrected chi connectivity index (χ1v) is 9.45. The minimum absolute atomic E-state index is 0.330. The Morgan fingerprint density at radius 1 is 1.11 bits per heavy atom. The van der Waals surface area contributed by atoms with Crippen molar-refractivity contribution in [3.8, 4) is 22.2 Å². The lowest BCUT2D eigenvalue weighted by Gasteiger charge is -2.01. The summed E-state index contributed by atoms with van der Waals surface area (Å²) in [5.41, 5.74) is 4.51. The van der Waals surface area contributed by atoms with Crippen LogP contribution in [-0.4, -0.2) is 21.9 Å². The molecule has 0 bridgehead atoms. The Morgan fingerprint density at radius 3 is 2.56 bits per heavy atom. The molecule has 0 radical (unpaired) electrons. The Morgan fingerprint density at radius 2 is 1.85 bits per heavy atom. The van der Waals surface area contributed by atoms with E-state index in [2.05, 4.69) is 28.4 Å². The highest BCUT2D eigenvalue weighted by Gasteiger charge is 2.15. The van der Waals surface area contributed by atoms with Crippen LogP contribution in [0, 0.1) is 13.8 Å². The lowest BCUT2D eigenvalue weighted by atomic mass is 10.1. The van der Waals surface area contributed by atoms with Crippen molar-refractivity contribution in [2.45, 2.75) is 20.8 Å². The summed E-state index contributed by atoms with van der Waals surface area (Å²) in [7, 11) is 0. The van der Waals surface area contributed by atoms with Crippen LogP contribution in [0.1, 0.15) is 28.4 Å². The van der Waals surface area contributed by atoms with Gasteiger partial charge in [0.05, 0.1) is 12.2 Å². The maximum absolute atomic E-state index is 11.8. The highest BCUT2D eigenvalue weighted by Crippen LogP contribution is 2.33. The number of aryl methyl sites for hydroxylation is 2. The van der Waals surface area contributed by atoms with Crippen LogP contribution in [0.5, 0.6) is 0 Å². The standard InChI is InChI=1S/C21H18N2O3S/c1-4-25-21(24)15-9-7-14(8-10-15)19-22-20(27-23-19)17-11-16-12(2)5-6-13(3)18(16)26-17/h5-11H,4H2,1-3H3. The summed E-state index contributed by atoms with van der Waals surface area (Å²) in [5, 5.41) is 1.83. The number of ether oxygens (including phenoxy) is 1. The van der Waals surface area contributed by atoms with Gasteiger partial charge in [-0.2, -0.15) is 4.37 Å². The van der Waals surface area contributed by atoms with Crippen molar-refractivity contribution >= 4 is 28.5 Å². The summed E-state index contributed by atoms with van der Waals surface area (Å²) in [5.74, 6) is 0.998. The minimum atomic E-state index is -0.330. The number of aromatic nitrogens is 2. The second-order valence-corrected chi connectivity index (χ2v) is 7.03. The largest absolute Gasteiger partial charge is 0.462 e. The fourth-order valence-electron chi connectivity index (χ4n) is 2.91. The van der Waals surface area contributed by atoms with Crippen LogP contribution in [0.3, 0.4) is 0 Å². The number of hydrogen-bond donors (Lipinski definition) is 0. The third-order valence-electron chi connectivity index (χ3n) is 4.39. The Hall–Kier alpha value is -2.99. The van der Waals surface area contributed by atoms with Crippen LogP contribution in [0.2, 0.25) is 0 Å². The molecule has 0 aliphatic heterocycles. The lowest BCUT2D eigenvalue weighted by Crippen LogP contribution is -2.04. The summed E-state index contributed by atoms with van der Waals surface area (Å²) >= 11 is 1.30. The molecule has 2 heterocycles. The third-order valence-corrected chi connectivity index (χ3v) is 5.12. The highest BCUT2D eigenvalue weighted by atomic mass is 32.1.